The second kappa shape index (κ2) is 8.86. The van der Waals surface area contributed by atoms with Crippen molar-refractivity contribution in [3.8, 4) is 11.1 Å². The molecule has 7 nitrogen and oxygen atoms in total. The van der Waals surface area contributed by atoms with Crippen molar-refractivity contribution in [2.75, 3.05) is 18.4 Å². The van der Waals surface area contributed by atoms with Gasteiger partial charge in [0.1, 0.15) is 5.82 Å². The van der Waals surface area contributed by atoms with Crippen LogP contribution in [0.15, 0.2) is 55.0 Å². The molecule has 1 saturated heterocycles. The number of anilines is 1. The van der Waals surface area contributed by atoms with Gasteiger partial charge in [-0.2, -0.15) is 18.3 Å². The van der Waals surface area contributed by atoms with Gasteiger partial charge in [0.25, 0.3) is 5.91 Å². The van der Waals surface area contributed by atoms with E-state index in [-0.39, 0.29) is 11.5 Å². The minimum Gasteiger partial charge on any atom is -0.305 e. The average Bonchev–Trinajstić information content (AvgIpc) is 3.48. The summed E-state index contributed by atoms with van der Waals surface area (Å²) in [7, 11) is 0. The molecule has 0 saturated carbocycles. The predicted octanol–water partition coefficient (Wildman–Crippen LogP) is 4.89. The van der Waals surface area contributed by atoms with Crippen LogP contribution < -0.4 is 5.32 Å². The molecule has 2 N–H and O–H groups in total. The zero-order valence-electron chi connectivity index (χ0n) is 18.1. The number of H-pyrrole nitrogens is 1. The van der Waals surface area contributed by atoms with Gasteiger partial charge in [-0.25, -0.2) is 4.98 Å². The smallest absolute Gasteiger partial charge is 0.305 e. The van der Waals surface area contributed by atoms with Gasteiger partial charge in [-0.05, 0) is 67.4 Å². The summed E-state index contributed by atoms with van der Waals surface area (Å²) in [6.45, 7) is 3.04. The van der Waals surface area contributed by atoms with Crippen molar-refractivity contribution in [1.29, 1.82) is 0 Å². The van der Waals surface area contributed by atoms with E-state index in [0.29, 0.717) is 17.1 Å². The third-order valence-electron chi connectivity index (χ3n) is 5.84. The lowest BCUT2D eigenvalue weighted by Gasteiger charge is -2.14. The molecule has 34 heavy (non-hydrogen) atoms. The molecule has 174 valence electrons. The van der Waals surface area contributed by atoms with Gasteiger partial charge in [-0.1, -0.05) is 6.07 Å². The van der Waals surface area contributed by atoms with Gasteiger partial charge in [0.15, 0.2) is 5.69 Å². The Morgan fingerprint density at radius 2 is 1.85 bits per heavy atom. The van der Waals surface area contributed by atoms with Gasteiger partial charge < -0.3 is 5.32 Å². The highest BCUT2D eigenvalue weighted by atomic mass is 19.4. The maximum atomic E-state index is 12.8. The van der Waals surface area contributed by atoms with Crippen LogP contribution in [0, 0.1) is 0 Å². The number of aromatic nitrogens is 4. The molecule has 0 atom stereocenters. The molecule has 5 rings (SSSR count). The summed E-state index contributed by atoms with van der Waals surface area (Å²) in [5.74, 6) is -0.569. The van der Waals surface area contributed by atoms with E-state index in [1.165, 1.54) is 12.8 Å². The van der Waals surface area contributed by atoms with Crippen molar-refractivity contribution in [1.82, 2.24) is 25.1 Å². The fourth-order valence-corrected chi connectivity index (χ4v) is 4.11. The topological polar surface area (TPSA) is 86.8 Å². The maximum absolute atomic E-state index is 12.8. The molecule has 3 aromatic heterocycles. The Bertz CT molecular complexity index is 1330. The normalized spacial score (nSPS) is 14.6. The third kappa shape index (κ3) is 4.62. The van der Waals surface area contributed by atoms with Crippen molar-refractivity contribution in [2.45, 2.75) is 25.6 Å². The molecule has 4 heterocycles. The summed E-state index contributed by atoms with van der Waals surface area (Å²) in [6.07, 6.45) is 2.27. The zero-order valence-corrected chi connectivity index (χ0v) is 18.1. The lowest BCUT2D eigenvalue weighted by Crippen LogP contribution is -2.18. The number of amides is 1. The first-order valence-electron chi connectivity index (χ1n) is 10.9. The van der Waals surface area contributed by atoms with Crippen LogP contribution in [0.25, 0.3) is 22.0 Å². The fraction of sp³-hybridized carbons (Fsp3) is 0.250. The highest BCUT2D eigenvalue weighted by molar-refractivity contribution is 6.11. The number of carbonyl (C=O) groups excluding carboxylic acids is 1. The van der Waals surface area contributed by atoms with Crippen LogP contribution in [0.1, 0.15) is 34.5 Å². The first kappa shape index (κ1) is 22.0. The molecule has 0 radical (unpaired) electrons. The molecule has 0 bridgehead atoms. The molecule has 0 unspecified atom stereocenters. The summed E-state index contributed by atoms with van der Waals surface area (Å²) in [4.78, 5) is 23.3. The zero-order chi connectivity index (χ0) is 23.7. The van der Waals surface area contributed by atoms with Crippen LogP contribution >= 0.6 is 0 Å². The molecule has 4 aromatic rings. The van der Waals surface area contributed by atoms with E-state index in [9.17, 15) is 18.0 Å². The number of benzene rings is 1. The van der Waals surface area contributed by atoms with Crippen LogP contribution in [0.4, 0.5) is 19.0 Å². The van der Waals surface area contributed by atoms with Crippen LogP contribution in [-0.4, -0.2) is 44.1 Å². The number of nitrogens with one attached hydrogen (secondary N) is 2. The third-order valence-corrected chi connectivity index (χ3v) is 5.84. The van der Waals surface area contributed by atoms with Gasteiger partial charge in [0.2, 0.25) is 0 Å². The Balaban J connectivity index is 1.38. The van der Waals surface area contributed by atoms with Gasteiger partial charge in [0.05, 0.1) is 11.1 Å². The Kier molecular flexibility index (Phi) is 5.74. The van der Waals surface area contributed by atoms with E-state index in [2.05, 4.69) is 36.4 Å². The summed E-state index contributed by atoms with van der Waals surface area (Å²) < 4.78 is 38.2. The number of hydrogen-bond donors (Lipinski definition) is 2. The molecule has 1 fully saturated rings. The number of likely N-dealkylation sites (tertiary alicyclic amines) is 1. The lowest BCUT2D eigenvalue weighted by atomic mass is 10.0. The molecule has 10 heteroatoms. The SMILES string of the molecule is O=C(Nc1ccc(C(F)(F)F)cn1)c1n[nH]c2ccc(-c3cncc(CN4CCCC4)c3)cc12. The summed E-state index contributed by atoms with van der Waals surface area (Å²) in [6, 6.07) is 9.68. The molecule has 0 aliphatic carbocycles. The Labute approximate surface area is 193 Å². The van der Waals surface area contributed by atoms with Crippen molar-refractivity contribution in [3.05, 3.63) is 71.8 Å². The molecule has 1 aromatic carbocycles. The number of alkyl halides is 3. The molecule has 0 spiro atoms. The maximum Gasteiger partial charge on any atom is 0.417 e. The summed E-state index contributed by atoms with van der Waals surface area (Å²) in [5.41, 5.74) is 2.83. The Morgan fingerprint density at radius 3 is 2.59 bits per heavy atom. The Morgan fingerprint density at radius 1 is 1.03 bits per heavy atom. The molecular weight excluding hydrogens is 445 g/mol. The number of fused-ring (bicyclic) bond motifs is 1. The van der Waals surface area contributed by atoms with Crippen molar-refractivity contribution >= 4 is 22.6 Å². The second-order valence-corrected chi connectivity index (χ2v) is 8.28. The second-order valence-electron chi connectivity index (χ2n) is 8.28. The monoisotopic (exact) mass is 466 g/mol. The quantitative estimate of drug-likeness (QED) is 0.438. The number of rotatable bonds is 5. The van der Waals surface area contributed by atoms with E-state index in [1.54, 1.807) is 6.20 Å². The molecule has 1 aliphatic rings. The molecular formula is C24H21F3N6O. The van der Waals surface area contributed by atoms with Gasteiger partial charge >= 0.3 is 6.18 Å². The van der Waals surface area contributed by atoms with E-state index in [0.717, 1.165) is 48.5 Å². The fourth-order valence-electron chi connectivity index (χ4n) is 4.11. The van der Waals surface area contributed by atoms with E-state index in [4.69, 9.17) is 0 Å². The van der Waals surface area contributed by atoms with Gasteiger partial charge in [-0.3, -0.25) is 19.8 Å². The molecule has 1 aliphatic heterocycles. The number of halogens is 3. The minimum absolute atomic E-state index is 0.00381. The largest absolute Gasteiger partial charge is 0.417 e. The number of pyridine rings is 2. The van der Waals surface area contributed by atoms with Gasteiger partial charge in [-0.15, -0.1) is 0 Å². The lowest BCUT2D eigenvalue weighted by molar-refractivity contribution is -0.137. The van der Waals surface area contributed by atoms with Gasteiger partial charge in [0, 0.05) is 36.1 Å². The van der Waals surface area contributed by atoms with E-state index >= 15 is 0 Å². The minimum atomic E-state index is -4.50. The first-order valence-corrected chi connectivity index (χ1v) is 10.9. The van der Waals surface area contributed by atoms with Crippen LogP contribution in [-0.2, 0) is 12.7 Å². The number of aromatic amines is 1. The van der Waals surface area contributed by atoms with Crippen molar-refractivity contribution in [3.63, 3.8) is 0 Å². The average molecular weight is 466 g/mol. The van der Waals surface area contributed by atoms with Crippen LogP contribution in [0.2, 0.25) is 0 Å². The summed E-state index contributed by atoms with van der Waals surface area (Å²) >= 11 is 0. The first-order chi connectivity index (χ1) is 16.4. The Hall–Kier alpha value is -3.79. The predicted molar refractivity (Wildman–Crippen MR) is 121 cm³/mol. The van der Waals surface area contributed by atoms with Crippen LogP contribution in [0.3, 0.4) is 0 Å². The highest BCUT2D eigenvalue weighted by Gasteiger charge is 2.30. The van der Waals surface area contributed by atoms with Crippen molar-refractivity contribution in [2.24, 2.45) is 0 Å². The number of carbonyl (C=O) groups is 1. The van der Waals surface area contributed by atoms with E-state index < -0.39 is 17.6 Å². The summed E-state index contributed by atoms with van der Waals surface area (Å²) in [5, 5.41) is 10.0. The van der Waals surface area contributed by atoms with Crippen LogP contribution in [0.5, 0.6) is 0 Å². The number of hydrogen-bond acceptors (Lipinski definition) is 5. The standard InChI is InChI=1S/C24H21F3N6O/c25-24(26,27)18-4-6-21(29-13-18)30-23(34)22-19-10-16(3-5-20(19)31-32-22)17-9-15(11-28-12-17)14-33-7-1-2-8-33/h3-6,9-13H,1-2,7-8,14H2,(H,31,32)(H,29,30,34). The highest BCUT2D eigenvalue weighted by Crippen LogP contribution is 2.29. The molecule has 1 amide bonds. The van der Waals surface area contributed by atoms with Crippen molar-refractivity contribution < 1.29 is 18.0 Å². The van der Waals surface area contributed by atoms with E-state index in [1.807, 2.05) is 24.4 Å². The number of nitrogens with zero attached hydrogens (tertiary/aromatic N) is 4.